The molecule has 4 N–H and O–H groups in total. The molecule has 0 aliphatic heterocycles. The number of hydrogen-bond donors (Lipinski definition) is 3. The number of oxime groups is 1. The summed E-state index contributed by atoms with van der Waals surface area (Å²) < 4.78 is 24.5. The topological polar surface area (TPSA) is 105 Å². The number of hydrogen-bond acceptors (Lipinski definition) is 4. The van der Waals surface area contributed by atoms with Crippen LogP contribution in [0.15, 0.2) is 5.16 Å². The minimum absolute atomic E-state index is 0.101. The van der Waals surface area contributed by atoms with Gasteiger partial charge in [-0.05, 0) is 12.8 Å². The molecule has 1 saturated carbocycles. The van der Waals surface area contributed by atoms with Gasteiger partial charge in [0.05, 0.1) is 6.26 Å². The van der Waals surface area contributed by atoms with E-state index in [-0.39, 0.29) is 17.8 Å². The van der Waals surface area contributed by atoms with Crippen LogP contribution in [-0.4, -0.2) is 31.8 Å². The van der Waals surface area contributed by atoms with E-state index < -0.39 is 10.0 Å². The molecule has 82 valence electrons. The molecular weight excluding hydrogens is 206 g/mol. The first-order valence-corrected chi connectivity index (χ1v) is 6.28. The third-order valence-corrected chi connectivity index (χ3v) is 3.11. The molecule has 0 spiro atoms. The van der Waals surface area contributed by atoms with Crippen molar-refractivity contribution in [3.8, 4) is 0 Å². The monoisotopic (exact) mass is 221 g/mol. The second-order valence-electron chi connectivity index (χ2n) is 3.56. The zero-order valence-electron chi connectivity index (χ0n) is 7.97. The van der Waals surface area contributed by atoms with Crippen molar-refractivity contribution in [2.75, 3.05) is 6.26 Å². The fraction of sp³-hybridized carbons (Fsp3) is 0.857. The molecule has 0 aromatic carbocycles. The Morgan fingerprint density at radius 1 is 1.57 bits per heavy atom. The highest BCUT2D eigenvalue weighted by atomic mass is 32.2. The van der Waals surface area contributed by atoms with Crippen molar-refractivity contribution in [1.82, 2.24) is 4.72 Å². The lowest BCUT2D eigenvalue weighted by atomic mass is 10.0. The van der Waals surface area contributed by atoms with Gasteiger partial charge in [-0.3, -0.25) is 0 Å². The molecule has 0 radical (unpaired) electrons. The Bertz CT molecular complexity index is 325. The highest BCUT2D eigenvalue weighted by Crippen LogP contribution is 2.26. The highest BCUT2D eigenvalue weighted by molar-refractivity contribution is 7.88. The highest BCUT2D eigenvalue weighted by Gasteiger charge is 2.32. The lowest BCUT2D eigenvalue weighted by Gasteiger charge is -2.18. The molecule has 0 aromatic heterocycles. The summed E-state index contributed by atoms with van der Waals surface area (Å²) in [7, 11) is -3.22. The van der Waals surface area contributed by atoms with Gasteiger partial charge < -0.3 is 10.9 Å². The Labute approximate surface area is 83.2 Å². The molecule has 0 saturated heterocycles. The quantitative estimate of drug-likeness (QED) is 0.257. The Kier molecular flexibility index (Phi) is 3.33. The van der Waals surface area contributed by atoms with Crippen molar-refractivity contribution in [3.63, 3.8) is 0 Å². The first-order valence-electron chi connectivity index (χ1n) is 4.39. The molecule has 2 unspecified atom stereocenters. The zero-order valence-corrected chi connectivity index (χ0v) is 8.79. The average molecular weight is 221 g/mol. The lowest BCUT2D eigenvalue weighted by molar-refractivity contribution is 0.312. The molecule has 1 fully saturated rings. The average Bonchev–Trinajstić information content (AvgIpc) is 2.48. The minimum atomic E-state index is -3.22. The van der Waals surface area contributed by atoms with Gasteiger partial charge in [-0.2, -0.15) is 0 Å². The van der Waals surface area contributed by atoms with Crippen LogP contribution in [0.4, 0.5) is 0 Å². The fourth-order valence-electron chi connectivity index (χ4n) is 1.80. The van der Waals surface area contributed by atoms with Crippen LogP contribution < -0.4 is 10.5 Å². The molecule has 1 aliphatic rings. The smallest absolute Gasteiger partial charge is 0.208 e. The van der Waals surface area contributed by atoms with Gasteiger partial charge in [-0.25, -0.2) is 13.1 Å². The largest absolute Gasteiger partial charge is 0.409 e. The number of amidine groups is 1. The van der Waals surface area contributed by atoms with Crippen LogP contribution in [0.1, 0.15) is 19.3 Å². The van der Waals surface area contributed by atoms with Crippen molar-refractivity contribution < 1.29 is 13.6 Å². The van der Waals surface area contributed by atoms with Crippen LogP contribution in [0.2, 0.25) is 0 Å². The molecule has 1 aliphatic carbocycles. The predicted octanol–water partition coefficient (Wildman–Crippen LogP) is -0.549. The molecule has 0 heterocycles. The maximum atomic E-state index is 11.0. The van der Waals surface area contributed by atoms with E-state index in [0.717, 1.165) is 25.5 Å². The van der Waals surface area contributed by atoms with Crippen LogP contribution >= 0.6 is 0 Å². The summed E-state index contributed by atoms with van der Waals surface area (Å²) in [6.45, 7) is 0. The van der Waals surface area contributed by atoms with Gasteiger partial charge in [0.2, 0.25) is 10.0 Å². The molecule has 14 heavy (non-hydrogen) atoms. The minimum Gasteiger partial charge on any atom is -0.409 e. The third-order valence-electron chi connectivity index (χ3n) is 2.38. The number of rotatable bonds is 3. The third kappa shape index (κ3) is 2.85. The van der Waals surface area contributed by atoms with Gasteiger partial charge in [-0.15, -0.1) is 0 Å². The Morgan fingerprint density at radius 2 is 2.21 bits per heavy atom. The summed E-state index contributed by atoms with van der Waals surface area (Å²) in [4.78, 5) is 0. The van der Waals surface area contributed by atoms with Gasteiger partial charge in [-0.1, -0.05) is 11.6 Å². The molecular formula is C7H15N3O3S. The van der Waals surface area contributed by atoms with Crippen molar-refractivity contribution in [1.29, 1.82) is 0 Å². The van der Waals surface area contributed by atoms with E-state index in [9.17, 15) is 8.42 Å². The molecule has 1 rings (SSSR count). The summed E-state index contributed by atoms with van der Waals surface area (Å²) in [6, 6.07) is -0.235. The first-order chi connectivity index (χ1) is 6.44. The SMILES string of the molecule is CS(=O)(=O)NC1CCCC1C(N)=NO. The standard InChI is InChI=1S/C7H15N3O3S/c1-14(12,13)10-6-4-2-3-5(6)7(8)9-11/h5-6,10-11H,2-4H2,1H3,(H2,8,9). The summed E-state index contributed by atoms with van der Waals surface area (Å²) in [6.07, 6.45) is 3.47. The Hall–Kier alpha value is -0.820. The molecule has 0 bridgehead atoms. The molecule has 0 amide bonds. The molecule has 2 atom stereocenters. The number of nitrogens with two attached hydrogens (primary N) is 1. The van der Waals surface area contributed by atoms with Gasteiger partial charge in [0.1, 0.15) is 5.84 Å². The lowest BCUT2D eigenvalue weighted by Crippen LogP contribution is -2.41. The predicted molar refractivity (Wildman–Crippen MR) is 52.5 cm³/mol. The number of nitrogens with one attached hydrogen (secondary N) is 1. The first kappa shape index (κ1) is 11.3. The Balaban J connectivity index is 2.70. The van der Waals surface area contributed by atoms with Gasteiger partial charge in [0, 0.05) is 12.0 Å². The van der Waals surface area contributed by atoms with E-state index in [1.165, 1.54) is 0 Å². The van der Waals surface area contributed by atoms with Crippen molar-refractivity contribution in [2.45, 2.75) is 25.3 Å². The molecule has 0 aromatic rings. The van der Waals surface area contributed by atoms with E-state index in [0.29, 0.717) is 0 Å². The molecule has 7 heteroatoms. The maximum Gasteiger partial charge on any atom is 0.208 e. The van der Waals surface area contributed by atoms with Crippen LogP contribution in [-0.2, 0) is 10.0 Å². The fourth-order valence-corrected chi connectivity index (χ4v) is 2.64. The van der Waals surface area contributed by atoms with E-state index in [1.807, 2.05) is 0 Å². The van der Waals surface area contributed by atoms with Crippen LogP contribution in [0.3, 0.4) is 0 Å². The second-order valence-corrected chi connectivity index (χ2v) is 5.34. The number of sulfonamides is 1. The van der Waals surface area contributed by atoms with Crippen molar-refractivity contribution in [2.24, 2.45) is 16.8 Å². The van der Waals surface area contributed by atoms with Crippen LogP contribution in [0.25, 0.3) is 0 Å². The molecule has 6 nitrogen and oxygen atoms in total. The van der Waals surface area contributed by atoms with E-state index in [4.69, 9.17) is 10.9 Å². The van der Waals surface area contributed by atoms with Gasteiger partial charge >= 0.3 is 0 Å². The van der Waals surface area contributed by atoms with Gasteiger partial charge in [0.25, 0.3) is 0 Å². The van der Waals surface area contributed by atoms with Crippen molar-refractivity contribution >= 4 is 15.9 Å². The summed E-state index contributed by atoms with van der Waals surface area (Å²) in [5, 5.41) is 11.4. The maximum absolute atomic E-state index is 11.0. The zero-order chi connectivity index (χ0) is 10.8. The normalized spacial score (nSPS) is 29.4. The second kappa shape index (κ2) is 4.14. The van der Waals surface area contributed by atoms with E-state index in [2.05, 4.69) is 9.88 Å². The van der Waals surface area contributed by atoms with Crippen molar-refractivity contribution in [3.05, 3.63) is 0 Å². The summed E-state index contributed by atoms with van der Waals surface area (Å²) >= 11 is 0. The van der Waals surface area contributed by atoms with E-state index >= 15 is 0 Å². The summed E-state index contributed by atoms with van der Waals surface area (Å²) in [5.74, 6) is -0.0848. The Morgan fingerprint density at radius 3 is 2.71 bits per heavy atom. The van der Waals surface area contributed by atoms with Crippen LogP contribution in [0.5, 0.6) is 0 Å². The van der Waals surface area contributed by atoms with E-state index in [1.54, 1.807) is 0 Å². The van der Waals surface area contributed by atoms with Crippen LogP contribution in [0, 0.1) is 5.92 Å². The summed E-state index contributed by atoms with van der Waals surface area (Å²) in [5.41, 5.74) is 5.45. The number of nitrogens with zero attached hydrogens (tertiary/aromatic N) is 1. The van der Waals surface area contributed by atoms with Gasteiger partial charge in [0.15, 0.2) is 0 Å².